The van der Waals surface area contributed by atoms with Crippen LogP contribution in [0.4, 0.5) is 0 Å². The Hall–Kier alpha value is -0.240. The maximum atomic E-state index is 11.6. The first kappa shape index (κ1) is 18.8. The van der Waals surface area contributed by atoms with E-state index in [0.717, 1.165) is 5.56 Å². The Morgan fingerprint density at radius 2 is 1.74 bits per heavy atom. The number of aliphatic hydroxyl groups excluding tert-OH is 1. The molecular weight excluding hydrogens is 279 g/mol. The molecular formula is C12H15NaO5S. The second-order valence-electron chi connectivity index (χ2n) is 4.35. The molecule has 1 unspecified atom stereocenters. The van der Waals surface area contributed by atoms with E-state index in [1.165, 1.54) is 0 Å². The summed E-state index contributed by atoms with van der Waals surface area (Å²) in [5.74, 6) is -0.251. The van der Waals surface area contributed by atoms with Crippen LogP contribution < -0.4 is 29.6 Å². The molecule has 7 heteroatoms. The first-order chi connectivity index (χ1) is 8.21. The van der Waals surface area contributed by atoms with Gasteiger partial charge in [0.15, 0.2) is 11.2 Å². The number of carbonyl (C=O) groups is 1. The van der Waals surface area contributed by atoms with E-state index >= 15 is 0 Å². The molecule has 0 heterocycles. The molecule has 100 valence electrons. The van der Waals surface area contributed by atoms with Gasteiger partial charge in [-0.15, -0.1) is 0 Å². The van der Waals surface area contributed by atoms with E-state index in [0.29, 0.717) is 5.92 Å². The monoisotopic (exact) mass is 294 g/mol. The fourth-order valence-corrected chi connectivity index (χ4v) is 1.79. The summed E-state index contributed by atoms with van der Waals surface area (Å²) < 4.78 is 31.5. The number of ketones is 1. The topological polar surface area (TPSA) is 94.5 Å². The van der Waals surface area contributed by atoms with Crippen LogP contribution in [0.15, 0.2) is 24.3 Å². The molecule has 1 aromatic rings. The molecule has 5 nitrogen and oxygen atoms in total. The zero-order valence-corrected chi connectivity index (χ0v) is 14.0. The van der Waals surface area contributed by atoms with Gasteiger partial charge in [-0.1, -0.05) is 38.1 Å². The van der Waals surface area contributed by atoms with Crippen molar-refractivity contribution in [1.82, 2.24) is 0 Å². The van der Waals surface area contributed by atoms with Gasteiger partial charge in [0.25, 0.3) is 0 Å². The van der Waals surface area contributed by atoms with Crippen LogP contribution in [-0.2, 0) is 10.1 Å². The Morgan fingerprint density at radius 3 is 2.11 bits per heavy atom. The van der Waals surface area contributed by atoms with E-state index in [4.69, 9.17) is 5.11 Å². The molecule has 1 atom stereocenters. The molecule has 0 radical (unpaired) electrons. The second-order valence-corrected chi connectivity index (χ2v) is 5.88. The summed E-state index contributed by atoms with van der Waals surface area (Å²) in [7, 11) is -4.84. The number of rotatable bonds is 5. The first-order valence-electron chi connectivity index (χ1n) is 5.47. The molecule has 1 rings (SSSR count). The minimum absolute atomic E-state index is 0. The molecule has 0 bridgehead atoms. The van der Waals surface area contributed by atoms with Crippen LogP contribution in [0, 0.1) is 0 Å². The largest absolute Gasteiger partial charge is 1.00 e. The summed E-state index contributed by atoms with van der Waals surface area (Å²) >= 11 is 0. The van der Waals surface area contributed by atoms with Crippen molar-refractivity contribution in [3.63, 3.8) is 0 Å². The first-order valence-corrected chi connectivity index (χ1v) is 6.95. The SMILES string of the molecule is CC(C)c1ccc(C(=O)CC(O)S(=O)(=O)[O-])cc1.[Na+]. The van der Waals surface area contributed by atoms with Crippen molar-refractivity contribution in [2.45, 2.75) is 31.6 Å². The van der Waals surface area contributed by atoms with Crippen LogP contribution in [0.3, 0.4) is 0 Å². The fraction of sp³-hybridized carbons (Fsp3) is 0.417. The maximum Gasteiger partial charge on any atom is 1.00 e. The zero-order valence-electron chi connectivity index (χ0n) is 11.2. The van der Waals surface area contributed by atoms with Crippen molar-refractivity contribution in [2.75, 3.05) is 0 Å². The standard InChI is InChI=1S/C12H16O5S.Na/c1-8(2)9-3-5-10(6-4-9)11(13)7-12(14)18(15,16)17;/h3-6,8,12,14H,7H2,1-2H3,(H,15,16,17);/q;+1/p-1. The number of hydrogen-bond donors (Lipinski definition) is 1. The van der Waals surface area contributed by atoms with E-state index < -0.39 is 27.8 Å². The van der Waals surface area contributed by atoms with Crippen LogP contribution in [0.5, 0.6) is 0 Å². The molecule has 0 aliphatic heterocycles. The Labute approximate surface area is 135 Å². The second kappa shape index (κ2) is 7.52. The van der Waals surface area contributed by atoms with Crippen LogP contribution >= 0.6 is 0 Å². The minimum atomic E-state index is -4.84. The van der Waals surface area contributed by atoms with Crippen LogP contribution in [0.2, 0.25) is 0 Å². The fourth-order valence-electron chi connectivity index (χ4n) is 1.43. The third-order valence-corrected chi connectivity index (χ3v) is 3.43. The van der Waals surface area contributed by atoms with E-state index in [9.17, 15) is 17.8 Å². The molecule has 0 aromatic heterocycles. The number of benzene rings is 1. The molecule has 1 N–H and O–H groups in total. The van der Waals surface area contributed by atoms with Gasteiger partial charge < -0.3 is 9.66 Å². The summed E-state index contributed by atoms with van der Waals surface area (Å²) in [6.45, 7) is 4.01. The van der Waals surface area contributed by atoms with Crippen molar-refractivity contribution in [2.24, 2.45) is 0 Å². The molecule has 0 spiro atoms. The maximum absolute atomic E-state index is 11.6. The Balaban J connectivity index is 0.00000324. The average molecular weight is 294 g/mol. The number of carbonyl (C=O) groups excluding carboxylic acids is 1. The average Bonchev–Trinajstić information content (AvgIpc) is 2.27. The van der Waals surface area contributed by atoms with Crippen LogP contribution in [0.1, 0.15) is 42.1 Å². The van der Waals surface area contributed by atoms with Gasteiger partial charge in [0, 0.05) is 5.56 Å². The van der Waals surface area contributed by atoms with E-state index in [1.54, 1.807) is 24.3 Å². The predicted octanol–water partition coefficient (Wildman–Crippen LogP) is -1.75. The summed E-state index contributed by atoms with van der Waals surface area (Å²) in [5, 5.41) is 9.04. The summed E-state index contributed by atoms with van der Waals surface area (Å²) in [4.78, 5) is 11.6. The Bertz CT molecular complexity index is 522. The third-order valence-electron chi connectivity index (χ3n) is 2.59. The molecule has 0 fully saturated rings. The van der Waals surface area contributed by atoms with Gasteiger partial charge >= 0.3 is 29.6 Å². The van der Waals surface area contributed by atoms with E-state index in [2.05, 4.69) is 0 Å². The van der Waals surface area contributed by atoms with Crippen LogP contribution in [0.25, 0.3) is 0 Å². The Kier molecular flexibility index (Phi) is 7.42. The number of hydrogen-bond acceptors (Lipinski definition) is 5. The van der Waals surface area contributed by atoms with Gasteiger partial charge in [0.2, 0.25) is 0 Å². The van der Waals surface area contributed by atoms with E-state index in [1.807, 2.05) is 13.8 Å². The molecule has 1 aromatic carbocycles. The molecule has 19 heavy (non-hydrogen) atoms. The van der Waals surface area contributed by atoms with Gasteiger partial charge in [-0.25, -0.2) is 8.42 Å². The smallest absolute Gasteiger partial charge is 0.746 e. The van der Waals surface area contributed by atoms with Crippen LogP contribution in [-0.4, -0.2) is 29.3 Å². The van der Waals surface area contributed by atoms with E-state index in [-0.39, 0.29) is 35.1 Å². The van der Waals surface area contributed by atoms with Gasteiger partial charge in [-0.05, 0) is 11.5 Å². The predicted molar refractivity (Wildman–Crippen MR) is 65.2 cm³/mol. The van der Waals surface area contributed by atoms with Gasteiger partial charge in [-0.2, -0.15) is 0 Å². The third kappa shape index (κ3) is 5.72. The molecule has 0 aliphatic rings. The summed E-state index contributed by atoms with van der Waals surface area (Å²) in [6.07, 6.45) is -0.715. The summed E-state index contributed by atoms with van der Waals surface area (Å²) in [6, 6.07) is 6.63. The normalized spacial score (nSPS) is 12.9. The number of aliphatic hydroxyl groups is 1. The molecule has 0 amide bonds. The summed E-state index contributed by atoms with van der Waals surface area (Å²) in [5.41, 5.74) is -0.861. The minimum Gasteiger partial charge on any atom is -0.746 e. The van der Waals surface area contributed by atoms with Gasteiger partial charge in [0.1, 0.15) is 10.1 Å². The van der Waals surface area contributed by atoms with Crippen molar-refractivity contribution < 1.29 is 52.4 Å². The van der Waals surface area contributed by atoms with Gasteiger partial charge in [-0.3, -0.25) is 4.79 Å². The van der Waals surface area contributed by atoms with Crippen molar-refractivity contribution >= 4 is 15.9 Å². The molecule has 0 aliphatic carbocycles. The molecule has 0 saturated carbocycles. The van der Waals surface area contributed by atoms with Gasteiger partial charge in [0.05, 0.1) is 6.42 Å². The Morgan fingerprint density at radius 1 is 1.26 bits per heavy atom. The van der Waals surface area contributed by atoms with Crippen molar-refractivity contribution in [3.8, 4) is 0 Å². The molecule has 0 saturated heterocycles. The zero-order chi connectivity index (χ0) is 13.9. The quantitative estimate of drug-likeness (QED) is 0.395. The van der Waals surface area contributed by atoms with Crippen molar-refractivity contribution in [1.29, 1.82) is 0 Å². The number of Topliss-reactive ketones (excluding diaryl/α,β-unsaturated/α-hetero) is 1. The van der Waals surface area contributed by atoms with Crippen molar-refractivity contribution in [3.05, 3.63) is 35.4 Å².